The summed E-state index contributed by atoms with van der Waals surface area (Å²) >= 11 is 0. The molecule has 0 aliphatic rings. The first-order chi connectivity index (χ1) is 9.72. The quantitative estimate of drug-likeness (QED) is 0.809. The van der Waals surface area contributed by atoms with E-state index >= 15 is 0 Å². The van der Waals surface area contributed by atoms with Gasteiger partial charge in [-0.05, 0) is 30.5 Å². The number of hydrogen-bond acceptors (Lipinski definition) is 2. The normalized spacial score (nSPS) is 12.3. The molecule has 0 fully saturated rings. The zero-order chi connectivity index (χ0) is 14.4. The van der Waals surface area contributed by atoms with Crippen molar-refractivity contribution in [1.29, 1.82) is 0 Å². The van der Waals surface area contributed by atoms with Crippen LogP contribution >= 0.6 is 0 Å². The molecule has 0 aliphatic carbocycles. The van der Waals surface area contributed by atoms with Crippen LogP contribution in [-0.2, 0) is 4.74 Å². The number of ether oxygens (including phenoxy) is 1. The summed E-state index contributed by atoms with van der Waals surface area (Å²) in [5.74, 6) is 0. The molecule has 1 unspecified atom stereocenters. The maximum absolute atomic E-state index is 5.16. The fourth-order valence-corrected chi connectivity index (χ4v) is 2.43. The van der Waals surface area contributed by atoms with Crippen molar-refractivity contribution in [2.75, 3.05) is 20.3 Å². The second-order valence-corrected chi connectivity index (χ2v) is 5.15. The maximum Gasteiger partial charge on any atom is 0.0587 e. The Bertz CT molecular complexity index is 536. The van der Waals surface area contributed by atoms with Gasteiger partial charge in [-0.2, -0.15) is 0 Å². The number of hydrogen-bond donors (Lipinski definition) is 1. The minimum Gasteiger partial charge on any atom is -0.383 e. The van der Waals surface area contributed by atoms with Gasteiger partial charge in [0.25, 0.3) is 0 Å². The Hall–Kier alpha value is -1.64. The van der Waals surface area contributed by atoms with Crippen molar-refractivity contribution in [3.8, 4) is 0 Å². The molecule has 0 heterocycles. The second kappa shape index (κ2) is 7.22. The van der Waals surface area contributed by atoms with E-state index < -0.39 is 0 Å². The third-order valence-corrected chi connectivity index (χ3v) is 3.53. The summed E-state index contributed by atoms with van der Waals surface area (Å²) in [4.78, 5) is 0. The van der Waals surface area contributed by atoms with Crippen molar-refractivity contribution < 1.29 is 4.74 Å². The topological polar surface area (TPSA) is 21.3 Å². The Morgan fingerprint density at radius 3 is 2.50 bits per heavy atom. The standard InChI is InChI=1S/C18H23NO/c1-14-9-10-15(2)17(13-14)18(19-11-12-20-3)16-7-5-4-6-8-16/h4-10,13,18-19H,11-12H2,1-3H3. The molecule has 0 saturated heterocycles. The van der Waals surface area contributed by atoms with E-state index in [-0.39, 0.29) is 6.04 Å². The Kier molecular flexibility index (Phi) is 5.33. The maximum atomic E-state index is 5.16. The molecule has 1 atom stereocenters. The molecule has 0 amide bonds. The van der Waals surface area contributed by atoms with E-state index in [1.54, 1.807) is 7.11 Å². The highest BCUT2D eigenvalue weighted by Gasteiger charge is 2.15. The molecule has 2 rings (SSSR count). The molecule has 2 aromatic carbocycles. The van der Waals surface area contributed by atoms with Gasteiger partial charge in [0, 0.05) is 13.7 Å². The average Bonchev–Trinajstić information content (AvgIpc) is 2.48. The van der Waals surface area contributed by atoms with Gasteiger partial charge in [0.05, 0.1) is 12.6 Å². The molecule has 0 aromatic heterocycles. The summed E-state index contributed by atoms with van der Waals surface area (Å²) in [6.45, 7) is 5.86. The van der Waals surface area contributed by atoms with Gasteiger partial charge in [0.2, 0.25) is 0 Å². The van der Waals surface area contributed by atoms with Crippen LogP contribution in [0.3, 0.4) is 0 Å². The molecule has 106 valence electrons. The molecule has 1 N–H and O–H groups in total. The van der Waals surface area contributed by atoms with Crippen molar-refractivity contribution in [1.82, 2.24) is 5.32 Å². The fraction of sp³-hybridized carbons (Fsp3) is 0.333. The Morgan fingerprint density at radius 2 is 1.80 bits per heavy atom. The third kappa shape index (κ3) is 3.69. The van der Waals surface area contributed by atoms with E-state index in [0.29, 0.717) is 6.61 Å². The molecule has 2 aromatic rings. The van der Waals surface area contributed by atoms with Crippen LogP contribution in [0.4, 0.5) is 0 Å². The lowest BCUT2D eigenvalue weighted by molar-refractivity contribution is 0.197. The first-order valence-corrected chi connectivity index (χ1v) is 7.07. The highest BCUT2D eigenvalue weighted by molar-refractivity contribution is 5.39. The number of benzene rings is 2. The van der Waals surface area contributed by atoms with Crippen molar-refractivity contribution in [3.63, 3.8) is 0 Å². The number of nitrogens with one attached hydrogen (secondary N) is 1. The first-order valence-electron chi connectivity index (χ1n) is 7.07. The summed E-state index contributed by atoms with van der Waals surface area (Å²) in [7, 11) is 1.73. The van der Waals surface area contributed by atoms with Gasteiger partial charge in [-0.1, -0.05) is 54.1 Å². The largest absolute Gasteiger partial charge is 0.383 e. The molecular formula is C18H23NO. The van der Waals surface area contributed by atoms with E-state index in [0.717, 1.165) is 6.54 Å². The van der Waals surface area contributed by atoms with Crippen LogP contribution in [0, 0.1) is 13.8 Å². The van der Waals surface area contributed by atoms with Gasteiger partial charge >= 0.3 is 0 Å². The van der Waals surface area contributed by atoms with Crippen LogP contribution in [0.15, 0.2) is 48.5 Å². The molecule has 2 heteroatoms. The predicted octanol–water partition coefficient (Wildman–Crippen LogP) is 3.63. The van der Waals surface area contributed by atoms with Crippen LogP contribution in [-0.4, -0.2) is 20.3 Å². The third-order valence-electron chi connectivity index (χ3n) is 3.53. The van der Waals surface area contributed by atoms with E-state index in [9.17, 15) is 0 Å². The van der Waals surface area contributed by atoms with Crippen LogP contribution in [0.2, 0.25) is 0 Å². The highest BCUT2D eigenvalue weighted by Crippen LogP contribution is 2.25. The van der Waals surface area contributed by atoms with Crippen molar-refractivity contribution in [2.24, 2.45) is 0 Å². The van der Waals surface area contributed by atoms with Gasteiger partial charge in [-0.15, -0.1) is 0 Å². The number of methoxy groups -OCH3 is 1. The summed E-state index contributed by atoms with van der Waals surface area (Å²) in [6.07, 6.45) is 0. The zero-order valence-electron chi connectivity index (χ0n) is 12.5. The molecule has 0 bridgehead atoms. The molecule has 2 nitrogen and oxygen atoms in total. The Balaban J connectivity index is 2.33. The van der Waals surface area contributed by atoms with Gasteiger partial charge in [-0.25, -0.2) is 0 Å². The molecule has 0 spiro atoms. The van der Waals surface area contributed by atoms with E-state index in [2.05, 4.69) is 67.7 Å². The lowest BCUT2D eigenvalue weighted by atomic mass is 9.93. The van der Waals surface area contributed by atoms with Gasteiger partial charge in [0.1, 0.15) is 0 Å². The molecular weight excluding hydrogens is 246 g/mol. The predicted molar refractivity (Wildman–Crippen MR) is 84.1 cm³/mol. The average molecular weight is 269 g/mol. The first kappa shape index (κ1) is 14.8. The van der Waals surface area contributed by atoms with Gasteiger partial charge in [-0.3, -0.25) is 0 Å². The monoisotopic (exact) mass is 269 g/mol. The second-order valence-electron chi connectivity index (χ2n) is 5.15. The lowest BCUT2D eigenvalue weighted by Crippen LogP contribution is -2.26. The number of rotatable bonds is 6. The van der Waals surface area contributed by atoms with Gasteiger partial charge < -0.3 is 10.1 Å². The smallest absolute Gasteiger partial charge is 0.0587 e. The molecule has 20 heavy (non-hydrogen) atoms. The summed E-state index contributed by atoms with van der Waals surface area (Å²) in [5.41, 5.74) is 5.24. The van der Waals surface area contributed by atoms with E-state index in [1.165, 1.54) is 22.3 Å². The molecule has 0 saturated carbocycles. The van der Waals surface area contributed by atoms with Crippen molar-refractivity contribution in [3.05, 3.63) is 70.8 Å². The van der Waals surface area contributed by atoms with Gasteiger partial charge in [0.15, 0.2) is 0 Å². The Morgan fingerprint density at radius 1 is 1.05 bits per heavy atom. The van der Waals surface area contributed by atoms with E-state index in [1.807, 2.05) is 0 Å². The highest BCUT2D eigenvalue weighted by atomic mass is 16.5. The van der Waals surface area contributed by atoms with Crippen molar-refractivity contribution >= 4 is 0 Å². The Labute approximate surface area is 121 Å². The summed E-state index contributed by atoms with van der Waals surface area (Å²) in [5, 5.41) is 3.60. The van der Waals surface area contributed by atoms with Crippen LogP contribution in [0.1, 0.15) is 28.3 Å². The summed E-state index contributed by atoms with van der Waals surface area (Å²) < 4.78 is 5.16. The number of aryl methyl sites for hydroxylation is 2. The zero-order valence-corrected chi connectivity index (χ0v) is 12.5. The minimum atomic E-state index is 0.214. The molecule has 0 radical (unpaired) electrons. The fourth-order valence-electron chi connectivity index (χ4n) is 2.43. The van der Waals surface area contributed by atoms with Crippen LogP contribution in [0.5, 0.6) is 0 Å². The van der Waals surface area contributed by atoms with E-state index in [4.69, 9.17) is 4.74 Å². The SMILES string of the molecule is COCCNC(c1ccccc1)c1cc(C)ccc1C. The lowest BCUT2D eigenvalue weighted by Gasteiger charge is -2.22. The summed E-state index contributed by atoms with van der Waals surface area (Å²) in [6, 6.07) is 17.4. The molecule has 0 aliphatic heterocycles. The van der Waals surface area contributed by atoms with Crippen molar-refractivity contribution in [2.45, 2.75) is 19.9 Å². The minimum absolute atomic E-state index is 0.214. The van der Waals surface area contributed by atoms with Crippen LogP contribution < -0.4 is 5.32 Å². The van der Waals surface area contributed by atoms with Crippen LogP contribution in [0.25, 0.3) is 0 Å².